The number of cyclic esters (lactones) is 1. The molecule has 0 radical (unpaired) electrons. The average molecular weight is 332 g/mol. The predicted molar refractivity (Wildman–Crippen MR) is 85.5 cm³/mol. The molecule has 0 spiro atoms. The third-order valence-corrected chi connectivity index (χ3v) is 4.04. The van der Waals surface area contributed by atoms with Crippen LogP contribution in [0.25, 0.3) is 0 Å². The number of esters is 1. The van der Waals surface area contributed by atoms with Crippen molar-refractivity contribution in [2.24, 2.45) is 0 Å². The Hall–Kier alpha value is -2.54. The smallest absolute Gasteiger partial charge is 0.338 e. The molecule has 0 aliphatic carbocycles. The first kappa shape index (κ1) is 16.3. The fourth-order valence-electron chi connectivity index (χ4n) is 2.90. The Morgan fingerprint density at radius 3 is 2.71 bits per heavy atom. The zero-order chi connectivity index (χ0) is 17.1. The number of hydrogen-bond acceptors (Lipinski definition) is 5. The number of hydrogen-bond donors (Lipinski definition) is 1. The van der Waals surface area contributed by atoms with Crippen LogP contribution in [0.4, 0.5) is 4.79 Å². The third-order valence-electron chi connectivity index (χ3n) is 4.04. The van der Waals surface area contributed by atoms with Crippen molar-refractivity contribution in [3.8, 4) is 5.75 Å². The van der Waals surface area contributed by atoms with Gasteiger partial charge in [-0.25, -0.2) is 9.59 Å². The van der Waals surface area contributed by atoms with Crippen molar-refractivity contribution in [2.45, 2.75) is 13.0 Å². The summed E-state index contributed by atoms with van der Waals surface area (Å²) in [5.74, 6) is 0.347. The zero-order valence-corrected chi connectivity index (χ0v) is 13.7. The Bertz CT molecular complexity index is 668. The van der Waals surface area contributed by atoms with Gasteiger partial charge in [0.15, 0.2) is 0 Å². The van der Waals surface area contributed by atoms with Crippen LogP contribution >= 0.6 is 0 Å². The molecule has 1 atom stereocenters. The van der Waals surface area contributed by atoms with E-state index in [0.717, 1.165) is 11.3 Å². The number of carbonyl (C=O) groups is 2. The number of rotatable bonds is 6. The van der Waals surface area contributed by atoms with E-state index < -0.39 is 12.0 Å². The standard InChI is InChI=1S/C17H20N2O5/c1-3-23-12-6-4-11(5-7-12)15-14-13(10-24-16(14)20)19(8-9-22-2)17(21)18-15/h4-7,15H,3,8-10H2,1-2H3,(H,18,21). The largest absolute Gasteiger partial charge is 0.494 e. The van der Waals surface area contributed by atoms with Crippen molar-refractivity contribution in [1.82, 2.24) is 10.2 Å². The van der Waals surface area contributed by atoms with E-state index in [9.17, 15) is 9.59 Å². The van der Waals surface area contributed by atoms with Crippen molar-refractivity contribution in [1.29, 1.82) is 0 Å². The van der Waals surface area contributed by atoms with Gasteiger partial charge in [0.1, 0.15) is 12.4 Å². The summed E-state index contributed by atoms with van der Waals surface area (Å²) >= 11 is 0. The highest BCUT2D eigenvalue weighted by molar-refractivity contribution is 5.97. The minimum Gasteiger partial charge on any atom is -0.494 e. The first-order valence-corrected chi connectivity index (χ1v) is 7.85. The lowest BCUT2D eigenvalue weighted by molar-refractivity contribution is -0.136. The highest BCUT2D eigenvalue weighted by atomic mass is 16.5. The normalized spacial score (nSPS) is 19.9. The first-order chi connectivity index (χ1) is 11.7. The molecule has 128 valence electrons. The molecule has 1 aromatic rings. The molecular formula is C17H20N2O5. The van der Waals surface area contributed by atoms with Gasteiger partial charge in [-0.2, -0.15) is 0 Å². The summed E-state index contributed by atoms with van der Waals surface area (Å²) in [4.78, 5) is 26.1. The second kappa shape index (κ2) is 6.92. The van der Waals surface area contributed by atoms with E-state index in [0.29, 0.717) is 31.0 Å². The first-order valence-electron chi connectivity index (χ1n) is 7.85. The number of urea groups is 1. The van der Waals surface area contributed by atoms with Gasteiger partial charge in [-0.1, -0.05) is 12.1 Å². The molecule has 2 heterocycles. The van der Waals surface area contributed by atoms with Gasteiger partial charge in [0.25, 0.3) is 0 Å². The minimum atomic E-state index is -0.517. The number of benzene rings is 1. The van der Waals surface area contributed by atoms with Crippen LogP contribution in [0.3, 0.4) is 0 Å². The second-order valence-electron chi connectivity index (χ2n) is 5.47. The van der Waals surface area contributed by atoms with Crippen molar-refractivity contribution in [3.05, 3.63) is 41.1 Å². The molecule has 2 aliphatic heterocycles. The molecule has 7 heteroatoms. The van der Waals surface area contributed by atoms with Gasteiger partial charge in [-0.3, -0.25) is 4.90 Å². The van der Waals surface area contributed by atoms with Crippen LogP contribution in [-0.2, 0) is 14.3 Å². The van der Waals surface area contributed by atoms with E-state index >= 15 is 0 Å². The van der Waals surface area contributed by atoms with Gasteiger partial charge >= 0.3 is 12.0 Å². The highest BCUT2D eigenvalue weighted by Crippen LogP contribution is 2.35. The molecule has 0 aromatic heterocycles. The Labute approximate surface area is 140 Å². The van der Waals surface area contributed by atoms with Crippen molar-refractivity contribution >= 4 is 12.0 Å². The van der Waals surface area contributed by atoms with Crippen LogP contribution in [0.1, 0.15) is 18.5 Å². The minimum absolute atomic E-state index is 0.110. The summed E-state index contributed by atoms with van der Waals surface area (Å²) in [5, 5.41) is 2.88. The molecule has 3 rings (SSSR count). The van der Waals surface area contributed by atoms with Gasteiger partial charge in [0, 0.05) is 7.11 Å². The van der Waals surface area contributed by atoms with Crippen molar-refractivity contribution < 1.29 is 23.8 Å². The summed E-state index contributed by atoms with van der Waals surface area (Å²) < 4.78 is 15.6. The van der Waals surface area contributed by atoms with Gasteiger partial charge in [0.2, 0.25) is 0 Å². The fraction of sp³-hybridized carbons (Fsp3) is 0.412. The number of nitrogens with one attached hydrogen (secondary N) is 1. The SMILES string of the molecule is CCOc1ccc(C2NC(=O)N(CCOC)C3=C2C(=O)OC3)cc1. The van der Waals surface area contributed by atoms with E-state index in [-0.39, 0.29) is 12.6 Å². The number of carbonyl (C=O) groups excluding carboxylic acids is 2. The van der Waals surface area contributed by atoms with Crippen LogP contribution in [0, 0.1) is 0 Å². The maximum absolute atomic E-state index is 12.4. The zero-order valence-electron chi connectivity index (χ0n) is 13.7. The van der Waals surface area contributed by atoms with Crippen LogP contribution in [0.2, 0.25) is 0 Å². The van der Waals surface area contributed by atoms with Crippen LogP contribution in [0.5, 0.6) is 5.75 Å². The number of methoxy groups -OCH3 is 1. The van der Waals surface area contributed by atoms with Gasteiger partial charge in [-0.15, -0.1) is 0 Å². The Morgan fingerprint density at radius 1 is 1.29 bits per heavy atom. The van der Waals surface area contributed by atoms with Crippen molar-refractivity contribution in [2.75, 3.05) is 33.5 Å². The van der Waals surface area contributed by atoms with E-state index in [1.54, 1.807) is 7.11 Å². The molecule has 2 aliphatic rings. The van der Waals surface area contributed by atoms with Crippen molar-refractivity contribution in [3.63, 3.8) is 0 Å². The topological polar surface area (TPSA) is 77.1 Å². The Kier molecular flexibility index (Phi) is 4.71. The molecular weight excluding hydrogens is 312 g/mol. The summed E-state index contributed by atoms with van der Waals surface area (Å²) in [7, 11) is 1.57. The van der Waals surface area contributed by atoms with Gasteiger partial charge in [-0.05, 0) is 24.6 Å². The maximum Gasteiger partial charge on any atom is 0.338 e. The quantitative estimate of drug-likeness (QED) is 0.801. The molecule has 7 nitrogen and oxygen atoms in total. The molecule has 1 unspecified atom stereocenters. The predicted octanol–water partition coefficient (Wildman–Crippen LogP) is 1.61. The maximum atomic E-state index is 12.4. The molecule has 1 aromatic carbocycles. The fourth-order valence-corrected chi connectivity index (χ4v) is 2.90. The molecule has 1 N–H and O–H groups in total. The van der Waals surface area contributed by atoms with Crippen LogP contribution < -0.4 is 10.1 Å². The summed E-state index contributed by atoms with van der Waals surface area (Å²) in [6, 6.07) is 6.56. The summed E-state index contributed by atoms with van der Waals surface area (Å²) in [5.41, 5.74) is 1.90. The monoisotopic (exact) mass is 332 g/mol. The number of amides is 2. The third kappa shape index (κ3) is 2.94. The van der Waals surface area contributed by atoms with Crippen LogP contribution in [-0.4, -0.2) is 50.4 Å². The molecule has 2 amide bonds. The average Bonchev–Trinajstić information content (AvgIpc) is 2.96. The summed E-state index contributed by atoms with van der Waals surface area (Å²) in [6.45, 7) is 3.35. The molecule has 24 heavy (non-hydrogen) atoms. The second-order valence-corrected chi connectivity index (χ2v) is 5.47. The van der Waals surface area contributed by atoms with E-state index in [1.165, 1.54) is 4.90 Å². The van der Waals surface area contributed by atoms with E-state index in [2.05, 4.69) is 5.32 Å². The van der Waals surface area contributed by atoms with E-state index in [1.807, 2.05) is 31.2 Å². The van der Waals surface area contributed by atoms with Crippen LogP contribution in [0.15, 0.2) is 35.5 Å². The Morgan fingerprint density at radius 2 is 2.04 bits per heavy atom. The lowest BCUT2D eigenvalue weighted by atomic mass is 9.95. The highest BCUT2D eigenvalue weighted by Gasteiger charge is 2.41. The molecule has 0 bridgehead atoms. The molecule has 0 saturated heterocycles. The Balaban J connectivity index is 1.92. The van der Waals surface area contributed by atoms with E-state index in [4.69, 9.17) is 14.2 Å². The number of nitrogens with zero attached hydrogens (tertiary/aromatic N) is 1. The molecule has 0 fully saturated rings. The summed E-state index contributed by atoms with van der Waals surface area (Å²) in [6.07, 6.45) is 0. The lowest BCUT2D eigenvalue weighted by Gasteiger charge is -2.32. The molecule has 0 saturated carbocycles. The number of ether oxygens (including phenoxy) is 3. The van der Waals surface area contributed by atoms with Gasteiger partial charge in [0.05, 0.1) is 37.1 Å². The lowest BCUT2D eigenvalue weighted by Crippen LogP contribution is -2.48. The van der Waals surface area contributed by atoms with Gasteiger partial charge < -0.3 is 19.5 Å².